The summed E-state index contributed by atoms with van der Waals surface area (Å²) in [4.78, 5) is 1.26. The molecule has 0 amide bonds. The van der Waals surface area contributed by atoms with Gasteiger partial charge in [0.1, 0.15) is 0 Å². The van der Waals surface area contributed by atoms with E-state index in [4.69, 9.17) is 5.11 Å². The standard InChI is InChI=1S/C13H20OS/c1-13(2,3)7-8-15-12-6-4-5-11(9-12)10-14/h4-6,9,14H,7-8,10H2,1-3H3. The monoisotopic (exact) mass is 224 g/mol. The Morgan fingerprint density at radius 2 is 2.00 bits per heavy atom. The van der Waals surface area contributed by atoms with E-state index < -0.39 is 0 Å². The van der Waals surface area contributed by atoms with Crippen LogP contribution in [0.25, 0.3) is 0 Å². The molecule has 0 bridgehead atoms. The minimum atomic E-state index is 0.133. The minimum absolute atomic E-state index is 0.133. The molecule has 0 atom stereocenters. The SMILES string of the molecule is CC(C)(C)CCSc1cccc(CO)c1. The van der Waals surface area contributed by atoms with E-state index in [2.05, 4.69) is 32.9 Å². The number of thioether (sulfide) groups is 1. The van der Waals surface area contributed by atoms with E-state index in [0.717, 1.165) is 11.3 Å². The van der Waals surface area contributed by atoms with E-state index in [1.165, 1.54) is 11.3 Å². The van der Waals surface area contributed by atoms with Crippen molar-refractivity contribution >= 4 is 11.8 Å². The van der Waals surface area contributed by atoms with Crippen molar-refractivity contribution < 1.29 is 5.11 Å². The fraction of sp³-hybridized carbons (Fsp3) is 0.538. The Bertz CT molecular complexity index is 302. The van der Waals surface area contributed by atoms with Crippen LogP contribution in [0, 0.1) is 5.41 Å². The normalized spacial score (nSPS) is 11.7. The van der Waals surface area contributed by atoms with Crippen LogP contribution in [0.15, 0.2) is 29.2 Å². The topological polar surface area (TPSA) is 20.2 Å². The highest BCUT2D eigenvalue weighted by molar-refractivity contribution is 7.99. The highest BCUT2D eigenvalue weighted by Gasteiger charge is 2.09. The molecule has 0 spiro atoms. The summed E-state index contributed by atoms with van der Waals surface area (Å²) in [7, 11) is 0. The van der Waals surface area contributed by atoms with Crippen molar-refractivity contribution in [2.75, 3.05) is 5.75 Å². The van der Waals surface area contributed by atoms with Gasteiger partial charge in [0.25, 0.3) is 0 Å². The molecule has 15 heavy (non-hydrogen) atoms. The molecule has 0 aliphatic heterocycles. The summed E-state index contributed by atoms with van der Waals surface area (Å²) >= 11 is 1.87. The van der Waals surface area contributed by atoms with Gasteiger partial charge in [-0.15, -0.1) is 11.8 Å². The lowest BCUT2D eigenvalue weighted by Crippen LogP contribution is -2.05. The van der Waals surface area contributed by atoms with Crippen molar-refractivity contribution in [1.82, 2.24) is 0 Å². The summed E-state index contributed by atoms with van der Waals surface area (Å²) in [6.07, 6.45) is 1.21. The van der Waals surface area contributed by atoms with E-state index in [-0.39, 0.29) is 6.61 Å². The molecular weight excluding hydrogens is 204 g/mol. The molecule has 0 saturated heterocycles. The second-order valence-corrected chi connectivity index (χ2v) is 6.13. The van der Waals surface area contributed by atoms with Crippen LogP contribution in [0.2, 0.25) is 0 Å². The zero-order valence-electron chi connectivity index (χ0n) is 9.79. The number of aliphatic hydroxyl groups excluding tert-OH is 1. The quantitative estimate of drug-likeness (QED) is 0.787. The van der Waals surface area contributed by atoms with Gasteiger partial charge in [0, 0.05) is 4.90 Å². The second kappa shape index (κ2) is 5.57. The maximum absolute atomic E-state index is 9.01. The fourth-order valence-corrected chi connectivity index (χ4v) is 2.57. The molecule has 0 radical (unpaired) electrons. The molecule has 0 unspecified atom stereocenters. The molecule has 0 saturated carbocycles. The van der Waals surface area contributed by atoms with Crippen LogP contribution < -0.4 is 0 Å². The first-order valence-corrected chi connectivity index (χ1v) is 6.32. The fourth-order valence-electron chi connectivity index (χ4n) is 1.21. The molecule has 0 fully saturated rings. The predicted molar refractivity (Wildman–Crippen MR) is 67.2 cm³/mol. The van der Waals surface area contributed by atoms with Crippen LogP contribution in [-0.4, -0.2) is 10.9 Å². The average Bonchev–Trinajstić information content (AvgIpc) is 2.16. The number of rotatable bonds is 4. The van der Waals surface area contributed by atoms with Crippen LogP contribution in [0.4, 0.5) is 0 Å². The maximum Gasteiger partial charge on any atom is 0.0682 e. The van der Waals surface area contributed by atoms with E-state index in [0.29, 0.717) is 5.41 Å². The van der Waals surface area contributed by atoms with Crippen molar-refractivity contribution in [3.8, 4) is 0 Å². The third-order valence-electron chi connectivity index (χ3n) is 2.20. The molecule has 1 nitrogen and oxygen atoms in total. The molecule has 2 heteroatoms. The third kappa shape index (κ3) is 5.24. The van der Waals surface area contributed by atoms with Gasteiger partial charge < -0.3 is 5.11 Å². The lowest BCUT2D eigenvalue weighted by atomic mass is 9.94. The van der Waals surface area contributed by atoms with Gasteiger partial charge >= 0.3 is 0 Å². The summed E-state index contributed by atoms with van der Waals surface area (Å²) in [5, 5.41) is 9.01. The smallest absolute Gasteiger partial charge is 0.0682 e. The number of hydrogen-bond acceptors (Lipinski definition) is 2. The number of benzene rings is 1. The Balaban J connectivity index is 2.44. The molecule has 1 aromatic carbocycles. The first-order valence-electron chi connectivity index (χ1n) is 5.34. The minimum Gasteiger partial charge on any atom is -0.392 e. The summed E-state index contributed by atoms with van der Waals surface area (Å²) in [5.41, 5.74) is 1.40. The van der Waals surface area contributed by atoms with Gasteiger partial charge in [-0.1, -0.05) is 32.9 Å². The summed E-state index contributed by atoms with van der Waals surface area (Å²) in [6.45, 7) is 6.92. The molecule has 0 heterocycles. The average molecular weight is 224 g/mol. The van der Waals surface area contributed by atoms with Crippen molar-refractivity contribution in [2.24, 2.45) is 5.41 Å². The van der Waals surface area contributed by atoms with E-state index in [1.54, 1.807) is 0 Å². The third-order valence-corrected chi connectivity index (χ3v) is 3.20. The summed E-state index contributed by atoms with van der Waals surface area (Å²) < 4.78 is 0. The van der Waals surface area contributed by atoms with Crippen molar-refractivity contribution in [3.05, 3.63) is 29.8 Å². The Morgan fingerprint density at radius 1 is 1.27 bits per heavy atom. The Morgan fingerprint density at radius 3 is 2.60 bits per heavy atom. The van der Waals surface area contributed by atoms with Gasteiger partial charge in [-0.25, -0.2) is 0 Å². The number of hydrogen-bond donors (Lipinski definition) is 1. The summed E-state index contributed by atoms with van der Waals surface area (Å²) in [5.74, 6) is 1.14. The van der Waals surface area contributed by atoms with Crippen LogP contribution in [0.1, 0.15) is 32.8 Å². The Hall–Kier alpha value is -0.470. The van der Waals surface area contributed by atoms with E-state index >= 15 is 0 Å². The van der Waals surface area contributed by atoms with Crippen LogP contribution in [0.5, 0.6) is 0 Å². The van der Waals surface area contributed by atoms with Crippen molar-refractivity contribution in [2.45, 2.75) is 38.7 Å². The lowest BCUT2D eigenvalue weighted by molar-refractivity contribution is 0.281. The van der Waals surface area contributed by atoms with Crippen LogP contribution >= 0.6 is 11.8 Å². The molecule has 0 aromatic heterocycles. The molecule has 0 aliphatic carbocycles. The zero-order valence-corrected chi connectivity index (χ0v) is 10.6. The number of aliphatic hydroxyl groups is 1. The van der Waals surface area contributed by atoms with Crippen molar-refractivity contribution in [3.63, 3.8) is 0 Å². The van der Waals surface area contributed by atoms with Gasteiger partial charge in [0.2, 0.25) is 0 Å². The molecule has 84 valence electrons. The first kappa shape index (κ1) is 12.6. The Kier molecular flexibility index (Phi) is 4.68. The highest BCUT2D eigenvalue weighted by Crippen LogP contribution is 2.26. The largest absolute Gasteiger partial charge is 0.392 e. The van der Waals surface area contributed by atoms with Crippen molar-refractivity contribution in [1.29, 1.82) is 0 Å². The molecule has 0 aliphatic rings. The molecule has 1 N–H and O–H groups in total. The van der Waals surface area contributed by atoms with Gasteiger partial charge in [-0.05, 0) is 35.3 Å². The van der Waals surface area contributed by atoms with Gasteiger partial charge in [0.15, 0.2) is 0 Å². The van der Waals surface area contributed by atoms with Crippen LogP contribution in [0.3, 0.4) is 0 Å². The van der Waals surface area contributed by atoms with E-state index in [1.807, 2.05) is 23.9 Å². The first-order chi connectivity index (χ1) is 7.01. The second-order valence-electron chi connectivity index (χ2n) is 4.96. The zero-order chi connectivity index (χ0) is 11.3. The molecule has 1 aromatic rings. The molecule has 1 rings (SSSR count). The predicted octanol–water partition coefficient (Wildman–Crippen LogP) is 3.71. The van der Waals surface area contributed by atoms with Crippen LogP contribution in [-0.2, 0) is 6.61 Å². The Labute approximate surface area is 96.9 Å². The van der Waals surface area contributed by atoms with Gasteiger partial charge in [-0.3, -0.25) is 0 Å². The van der Waals surface area contributed by atoms with Gasteiger partial charge in [0.05, 0.1) is 6.61 Å². The lowest BCUT2D eigenvalue weighted by Gasteiger charge is -2.17. The molecular formula is C13H20OS. The summed E-state index contributed by atoms with van der Waals surface area (Å²) in [6, 6.07) is 8.12. The highest BCUT2D eigenvalue weighted by atomic mass is 32.2. The van der Waals surface area contributed by atoms with E-state index in [9.17, 15) is 0 Å². The van der Waals surface area contributed by atoms with Gasteiger partial charge in [-0.2, -0.15) is 0 Å². The maximum atomic E-state index is 9.01.